The molecule has 0 aliphatic carbocycles. The standard InChI is InChI=1S/C27H25N5O3/c1-17-24(18(2)32(30-17)22-11-5-4-6-12-22)28-23(33)16-31-25(34)27(3,29-26(31)35)21-14-13-19-9-7-8-10-20(19)15-21/h4-15H,16H2,1-3H3,(H,28,33)(H,29,35)/t27-/m0/s1. The lowest BCUT2D eigenvalue weighted by atomic mass is 9.90. The molecule has 5 rings (SSSR count). The van der Waals surface area contributed by atoms with Gasteiger partial charge in [-0.05, 0) is 55.3 Å². The van der Waals surface area contributed by atoms with E-state index in [1.807, 2.05) is 79.7 Å². The number of para-hydroxylation sites is 1. The zero-order valence-electron chi connectivity index (χ0n) is 19.7. The summed E-state index contributed by atoms with van der Waals surface area (Å²) in [5, 5.41) is 12.1. The summed E-state index contributed by atoms with van der Waals surface area (Å²) >= 11 is 0. The summed E-state index contributed by atoms with van der Waals surface area (Å²) < 4.78 is 1.75. The number of nitrogens with zero attached hydrogens (tertiary/aromatic N) is 3. The Morgan fingerprint density at radius 3 is 2.40 bits per heavy atom. The smallest absolute Gasteiger partial charge is 0.321 e. The van der Waals surface area contributed by atoms with Crippen LogP contribution in [0.15, 0.2) is 72.8 Å². The summed E-state index contributed by atoms with van der Waals surface area (Å²) in [5.74, 6) is -0.948. The number of hydrogen-bond donors (Lipinski definition) is 2. The topological polar surface area (TPSA) is 96.3 Å². The first kappa shape index (κ1) is 22.3. The van der Waals surface area contributed by atoms with Crippen LogP contribution in [-0.4, -0.2) is 39.1 Å². The van der Waals surface area contributed by atoms with Crippen molar-refractivity contribution in [3.8, 4) is 5.69 Å². The molecule has 2 N–H and O–H groups in total. The number of aryl methyl sites for hydroxylation is 1. The molecule has 0 unspecified atom stereocenters. The molecule has 1 aliphatic heterocycles. The highest BCUT2D eigenvalue weighted by atomic mass is 16.2. The first-order chi connectivity index (χ1) is 16.8. The molecule has 4 amide bonds. The third-order valence-corrected chi connectivity index (χ3v) is 6.46. The van der Waals surface area contributed by atoms with E-state index in [0.717, 1.165) is 27.1 Å². The molecule has 1 aliphatic rings. The maximum absolute atomic E-state index is 13.3. The number of carbonyl (C=O) groups is 3. The second-order valence-electron chi connectivity index (χ2n) is 8.85. The monoisotopic (exact) mass is 467 g/mol. The highest BCUT2D eigenvalue weighted by molar-refractivity contribution is 6.10. The van der Waals surface area contributed by atoms with E-state index in [1.165, 1.54) is 0 Å². The fourth-order valence-electron chi connectivity index (χ4n) is 4.50. The first-order valence-corrected chi connectivity index (χ1v) is 11.3. The van der Waals surface area contributed by atoms with Crippen LogP contribution in [0.1, 0.15) is 23.9 Å². The molecule has 3 aromatic carbocycles. The number of imide groups is 1. The normalized spacial score (nSPS) is 17.6. The lowest BCUT2D eigenvalue weighted by Crippen LogP contribution is -2.42. The number of hydrogen-bond acceptors (Lipinski definition) is 4. The maximum Gasteiger partial charge on any atom is 0.325 e. The van der Waals surface area contributed by atoms with Gasteiger partial charge >= 0.3 is 6.03 Å². The number of aromatic nitrogens is 2. The van der Waals surface area contributed by atoms with E-state index in [2.05, 4.69) is 15.7 Å². The van der Waals surface area contributed by atoms with Crippen molar-refractivity contribution in [1.82, 2.24) is 20.0 Å². The molecule has 1 aromatic heterocycles. The molecule has 35 heavy (non-hydrogen) atoms. The van der Waals surface area contributed by atoms with Gasteiger partial charge in [0.25, 0.3) is 5.91 Å². The Bertz CT molecular complexity index is 1480. The third-order valence-electron chi connectivity index (χ3n) is 6.46. The molecular formula is C27H25N5O3. The largest absolute Gasteiger partial charge is 0.325 e. The number of fused-ring (bicyclic) bond motifs is 1. The average Bonchev–Trinajstić information content (AvgIpc) is 3.26. The molecule has 1 fully saturated rings. The van der Waals surface area contributed by atoms with Crippen molar-refractivity contribution in [2.24, 2.45) is 0 Å². The quantitative estimate of drug-likeness (QED) is 0.433. The molecule has 0 spiro atoms. The van der Waals surface area contributed by atoms with Gasteiger partial charge in [-0.3, -0.25) is 14.5 Å². The summed E-state index contributed by atoms with van der Waals surface area (Å²) in [7, 11) is 0. The minimum Gasteiger partial charge on any atom is -0.321 e. The Hall–Kier alpha value is -4.46. The van der Waals surface area contributed by atoms with Crippen LogP contribution < -0.4 is 10.6 Å². The molecule has 8 nitrogen and oxygen atoms in total. The highest BCUT2D eigenvalue weighted by Gasteiger charge is 2.49. The number of amides is 4. The second kappa shape index (κ2) is 8.39. The number of benzene rings is 3. The van der Waals surface area contributed by atoms with E-state index in [1.54, 1.807) is 18.5 Å². The van der Waals surface area contributed by atoms with Crippen molar-refractivity contribution in [2.45, 2.75) is 26.3 Å². The number of urea groups is 1. The van der Waals surface area contributed by atoms with Gasteiger partial charge in [0.15, 0.2) is 0 Å². The SMILES string of the molecule is Cc1nn(-c2ccccc2)c(C)c1NC(=O)CN1C(=O)N[C@@](C)(c2ccc3ccccc3c2)C1=O. The van der Waals surface area contributed by atoms with Crippen molar-refractivity contribution in [1.29, 1.82) is 0 Å². The van der Waals surface area contributed by atoms with Crippen LogP contribution in [0.3, 0.4) is 0 Å². The molecule has 0 saturated carbocycles. The van der Waals surface area contributed by atoms with Crippen LogP contribution >= 0.6 is 0 Å². The number of carbonyl (C=O) groups excluding carboxylic acids is 3. The summed E-state index contributed by atoms with van der Waals surface area (Å²) in [6.45, 7) is 4.91. The van der Waals surface area contributed by atoms with E-state index in [-0.39, 0.29) is 0 Å². The lowest BCUT2D eigenvalue weighted by molar-refractivity contribution is -0.133. The highest BCUT2D eigenvalue weighted by Crippen LogP contribution is 2.31. The van der Waals surface area contributed by atoms with Crippen LogP contribution in [-0.2, 0) is 15.1 Å². The van der Waals surface area contributed by atoms with Crippen LogP contribution in [0.25, 0.3) is 16.5 Å². The van der Waals surface area contributed by atoms with E-state index in [0.29, 0.717) is 16.9 Å². The van der Waals surface area contributed by atoms with E-state index >= 15 is 0 Å². The predicted molar refractivity (Wildman–Crippen MR) is 133 cm³/mol. The molecule has 176 valence electrons. The van der Waals surface area contributed by atoms with Gasteiger partial charge < -0.3 is 10.6 Å². The molecule has 4 aromatic rings. The van der Waals surface area contributed by atoms with E-state index in [4.69, 9.17) is 0 Å². The second-order valence-corrected chi connectivity index (χ2v) is 8.85. The Morgan fingerprint density at radius 2 is 1.66 bits per heavy atom. The Morgan fingerprint density at radius 1 is 0.971 bits per heavy atom. The number of nitrogens with one attached hydrogen (secondary N) is 2. The predicted octanol–water partition coefficient (Wildman–Crippen LogP) is 4.05. The summed E-state index contributed by atoms with van der Waals surface area (Å²) in [4.78, 5) is 39.9. The van der Waals surface area contributed by atoms with E-state index in [9.17, 15) is 14.4 Å². The van der Waals surface area contributed by atoms with Gasteiger partial charge in [-0.1, -0.05) is 54.6 Å². The summed E-state index contributed by atoms with van der Waals surface area (Å²) in [5.41, 5.74) is 2.22. The Labute approximate surface area is 202 Å². The third kappa shape index (κ3) is 3.82. The minimum absolute atomic E-state index is 0.400. The first-order valence-electron chi connectivity index (χ1n) is 11.3. The van der Waals surface area contributed by atoms with Crippen molar-refractivity contribution < 1.29 is 14.4 Å². The Balaban J connectivity index is 1.35. The molecule has 1 atom stereocenters. The van der Waals surface area contributed by atoms with Gasteiger partial charge in [0.1, 0.15) is 12.1 Å². The fraction of sp³-hybridized carbons (Fsp3) is 0.185. The van der Waals surface area contributed by atoms with Gasteiger partial charge in [0, 0.05) is 0 Å². The fourth-order valence-corrected chi connectivity index (χ4v) is 4.50. The minimum atomic E-state index is -1.26. The number of rotatable bonds is 5. The maximum atomic E-state index is 13.3. The van der Waals surface area contributed by atoms with Gasteiger partial charge in [0.2, 0.25) is 5.91 Å². The average molecular weight is 468 g/mol. The molecule has 2 heterocycles. The molecule has 0 bridgehead atoms. The summed E-state index contributed by atoms with van der Waals surface area (Å²) in [6, 6.07) is 22.4. The van der Waals surface area contributed by atoms with Gasteiger partial charge in [-0.2, -0.15) is 5.10 Å². The van der Waals surface area contributed by atoms with Crippen molar-refractivity contribution >= 4 is 34.3 Å². The zero-order chi connectivity index (χ0) is 24.7. The van der Waals surface area contributed by atoms with Crippen LogP contribution in [0, 0.1) is 13.8 Å². The molecule has 0 radical (unpaired) electrons. The van der Waals surface area contributed by atoms with Gasteiger partial charge in [-0.15, -0.1) is 0 Å². The molecule has 8 heteroatoms. The van der Waals surface area contributed by atoms with Crippen molar-refractivity contribution in [3.63, 3.8) is 0 Å². The van der Waals surface area contributed by atoms with Crippen molar-refractivity contribution in [3.05, 3.63) is 89.7 Å². The van der Waals surface area contributed by atoms with E-state index < -0.39 is 29.9 Å². The summed E-state index contributed by atoms with van der Waals surface area (Å²) in [6.07, 6.45) is 0. The van der Waals surface area contributed by atoms with Gasteiger partial charge in [-0.25, -0.2) is 9.48 Å². The van der Waals surface area contributed by atoms with Crippen LogP contribution in [0.4, 0.5) is 10.5 Å². The van der Waals surface area contributed by atoms with Crippen LogP contribution in [0.5, 0.6) is 0 Å². The number of anilines is 1. The zero-order valence-corrected chi connectivity index (χ0v) is 19.7. The Kier molecular flexibility index (Phi) is 5.36. The lowest BCUT2D eigenvalue weighted by Gasteiger charge is -2.22. The van der Waals surface area contributed by atoms with Gasteiger partial charge in [0.05, 0.1) is 22.8 Å². The molecule has 1 saturated heterocycles. The van der Waals surface area contributed by atoms with Crippen molar-refractivity contribution in [2.75, 3.05) is 11.9 Å². The van der Waals surface area contributed by atoms with Crippen LogP contribution in [0.2, 0.25) is 0 Å². The molecular weight excluding hydrogens is 442 g/mol.